The molecule has 0 amide bonds. The van der Waals surface area contributed by atoms with E-state index in [-0.39, 0.29) is 130 Å². The maximum absolute atomic E-state index is 0. The Balaban J connectivity index is 0. The zero-order valence-corrected chi connectivity index (χ0v) is 9.89. The summed E-state index contributed by atoms with van der Waals surface area (Å²) in [5, 5.41) is 0. The summed E-state index contributed by atoms with van der Waals surface area (Å²) in [6, 6.07) is 0. The third-order valence-corrected chi connectivity index (χ3v) is 0. The van der Waals surface area contributed by atoms with E-state index < -0.39 is 0 Å². The molecule has 3 nitrogen and oxygen atoms in total. The van der Waals surface area contributed by atoms with Crippen molar-refractivity contribution in [3.05, 3.63) is 0 Å². The van der Waals surface area contributed by atoms with Crippen LogP contribution in [0.25, 0.3) is 0 Å². The van der Waals surface area contributed by atoms with Gasteiger partial charge in [0.1, 0.15) is 0 Å². The molecule has 0 saturated heterocycles. The molecule has 0 aliphatic carbocycles. The van der Waals surface area contributed by atoms with Gasteiger partial charge in [-0.1, -0.05) is 0 Å². The van der Waals surface area contributed by atoms with E-state index in [0.29, 0.717) is 0 Å². The van der Waals surface area contributed by atoms with Crippen LogP contribution in [0, 0.1) is 80.8 Å². The molecular formula is Ni2O3Sm2. The van der Waals surface area contributed by atoms with E-state index >= 15 is 0 Å². The molecule has 2 radical (unpaired) electrons. The van der Waals surface area contributed by atoms with Gasteiger partial charge in [-0.05, 0) is 0 Å². The largest absolute Gasteiger partial charge is 3.00 e. The topological polar surface area (TPSA) is 85.5 Å². The van der Waals surface area contributed by atoms with Crippen LogP contribution in [0.2, 0.25) is 0 Å². The molecule has 0 spiro atoms. The SMILES string of the molecule is [Ni].[Ni].[O-2].[O-2].[O-2].[Sm+3].[Sm+3]. The van der Waals surface area contributed by atoms with Crippen LogP contribution in [0.3, 0.4) is 0 Å². The summed E-state index contributed by atoms with van der Waals surface area (Å²) in [5.41, 5.74) is 0. The Labute approximate surface area is 127 Å². The third-order valence-electron chi connectivity index (χ3n) is 0. The fraction of sp³-hybridized carbons (Fsp3) is 0. The Kier molecular flexibility index (Phi) is 606. The first-order valence-electron chi connectivity index (χ1n) is 0. The molecule has 0 rings (SSSR count). The van der Waals surface area contributed by atoms with Crippen molar-refractivity contribution >= 4 is 0 Å². The first-order chi connectivity index (χ1) is 0. The Hall–Kier alpha value is 3.54. The minimum absolute atomic E-state index is 0. The van der Waals surface area contributed by atoms with Crippen molar-refractivity contribution in [1.82, 2.24) is 0 Å². The standard InChI is InChI=1S/2Ni.3O.2Sm/q;;3*-2;2*+3. The molecule has 7 heavy (non-hydrogen) atoms. The Morgan fingerprint density at radius 2 is 0.429 bits per heavy atom. The van der Waals surface area contributed by atoms with Gasteiger partial charge in [0.05, 0.1) is 0 Å². The van der Waals surface area contributed by atoms with Crippen molar-refractivity contribution in [3.8, 4) is 0 Å². The second-order valence-electron chi connectivity index (χ2n) is 0. The minimum atomic E-state index is 0. The van der Waals surface area contributed by atoms with Gasteiger partial charge in [-0.2, -0.15) is 0 Å². The number of hydrogen-bond acceptors (Lipinski definition) is 0. The minimum Gasteiger partial charge on any atom is -2.00 e. The molecule has 50 valence electrons. The molecule has 0 heterocycles. The molecule has 0 saturated carbocycles. The molecular weight excluding hydrogens is 466 g/mol. The summed E-state index contributed by atoms with van der Waals surface area (Å²) in [6.07, 6.45) is 0. The van der Waals surface area contributed by atoms with Gasteiger partial charge in [-0.15, -0.1) is 0 Å². The maximum atomic E-state index is 0. The first-order valence-corrected chi connectivity index (χ1v) is 0. The van der Waals surface area contributed by atoms with Crippen LogP contribution in [0.4, 0.5) is 0 Å². The summed E-state index contributed by atoms with van der Waals surface area (Å²) in [4.78, 5) is 0. The summed E-state index contributed by atoms with van der Waals surface area (Å²) in [7, 11) is 0. The molecule has 0 N–H and O–H groups in total. The molecule has 0 aromatic heterocycles. The second-order valence-corrected chi connectivity index (χ2v) is 0. The van der Waals surface area contributed by atoms with E-state index in [2.05, 4.69) is 0 Å². The van der Waals surface area contributed by atoms with Crippen LogP contribution in [-0.2, 0) is 49.4 Å². The van der Waals surface area contributed by atoms with E-state index in [1.165, 1.54) is 0 Å². The van der Waals surface area contributed by atoms with Gasteiger partial charge < -0.3 is 16.4 Å². The van der Waals surface area contributed by atoms with Crippen molar-refractivity contribution in [2.24, 2.45) is 0 Å². The van der Waals surface area contributed by atoms with Gasteiger partial charge in [0.25, 0.3) is 0 Å². The van der Waals surface area contributed by atoms with E-state index in [1.807, 2.05) is 0 Å². The Morgan fingerprint density at radius 3 is 0.429 bits per heavy atom. The van der Waals surface area contributed by atoms with E-state index in [4.69, 9.17) is 0 Å². The first kappa shape index (κ1) is 76.5. The zero-order valence-electron chi connectivity index (χ0n) is 2.67. The Bertz CT molecular complexity index is 10.9. The van der Waals surface area contributed by atoms with E-state index in [1.54, 1.807) is 0 Å². The van der Waals surface area contributed by atoms with Gasteiger partial charge in [0.2, 0.25) is 0 Å². The molecule has 0 aliphatic heterocycles. The monoisotopic (exact) mass is 468 g/mol. The Morgan fingerprint density at radius 1 is 0.429 bits per heavy atom. The van der Waals surface area contributed by atoms with Crippen molar-refractivity contribution in [3.63, 3.8) is 0 Å². The predicted octanol–water partition coefficient (Wildman–Crippen LogP) is -0.361. The quantitative estimate of drug-likeness (QED) is 0.437. The van der Waals surface area contributed by atoms with Gasteiger partial charge in [-0.3, -0.25) is 0 Å². The van der Waals surface area contributed by atoms with Gasteiger partial charge in [0.15, 0.2) is 0 Å². The van der Waals surface area contributed by atoms with E-state index in [9.17, 15) is 0 Å². The fourth-order valence-electron chi connectivity index (χ4n) is 0. The number of rotatable bonds is 0. The molecule has 0 fully saturated rings. The van der Waals surface area contributed by atoms with Crippen LogP contribution in [0.1, 0.15) is 0 Å². The average Bonchev–Trinajstić information content (AvgIpc) is 0. The number of hydrogen-bond donors (Lipinski definition) is 0. The molecule has 0 aromatic carbocycles. The van der Waals surface area contributed by atoms with Crippen molar-refractivity contribution in [2.45, 2.75) is 0 Å². The average molecular weight is 466 g/mol. The smallest absolute Gasteiger partial charge is 2.00 e. The van der Waals surface area contributed by atoms with Crippen LogP contribution in [0.15, 0.2) is 0 Å². The predicted molar refractivity (Wildman–Crippen MR) is 2.06 cm³/mol. The summed E-state index contributed by atoms with van der Waals surface area (Å²) >= 11 is 0. The molecule has 7 heteroatoms. The van der Waals surface area contributed by atoms with Gasteiger partial charge in [-0.25, -0.2) is 0 Å². The fourth-order valence-corrected chi connectivity index (χ4v) is 0. The third kappa shape index (κ3) is 43.3. The molecule has 0 aromatic rings. The molecule has 0 unspecified atom stereocenters. The van der Waals surface area contributed by atoms with Crippen molar-refractivity contribution in [1.29, 1.82) is 0 Å². The van der Waals surface area contributed by atoms with Crippen LogP contribution in [0.5, 0.6) is 0 Å². The summed E-state index contributed by atoms with van der Waals surface area (Å²) in [5.74, 6) is 0. The molecule has 0 atom stereocenters. The molecule has 0 aliphatic rings. The van der Waals surface area contributed by atoms with Crippen molar-refractivity contribution < 1.29 is 130 Å². The second kappa shape index (κ2) is 55.5. The molecule has 0 bridgehead atoms. The zero-order chi connectivity index (χ0) is 0. The normalized spacial score (nSPS) is 0. The summed E-state index contributed by atoms with van der Waals surface area (Å²) in [6.45, 7) is 0. The van der Waals surface area contributed by atoms with Gasteiger partial charge in [0, 0.05) is 33.0 Å². The maximum Gasteiger partial charge on any atom is 3.00 e. The van der Waals surface area contributed by atoms with Crippen LogP contribution < -0.4 is 0 Å². The van der Waals surface area contributed by atoms with Gasteiger partial charge >= 0.3 is 80.8 Å². The van der Waals surface area contributed by atoms with Crippen molar-refractivity contribution in [2.75, 3.05) is 0 Å². The van der Waals surface area contributed by atoms with Crippen LogP contribution >= 0.6 is 0 Å². The van der Waals surface area contributed by atoms with Crippen LogP contribution in [-0.4, -0.2) is 0 Å². The van der Waals surface area contributed by atoms with E-state index in [0.717, 1.165) is 0 Å². The summed E-state index contributed by atoms with van der Waals surface area (Å²) < 4.78 is 0.